The topological polar surface area (TPSA) is 19.6 Å². The van der Waals surface area contributed by atoms with Crippen molar-refractivity contribution in [1.82, 2.24) is 9.13 Å². The van der Waals surface area contributed by atoms with Gasteiger partial charge in [-0.15, -0.1) is 0 Å². The van der Waals surface area contributed by atoms with Crippen molar-refractivity contribution in [3.63, 3.8) is 0 Å². The third-order valence-electron chi connectivity index (χ3n) is 20.2. The van der Waals surface area contributed by atoms with E-state index in [1.54, 1.807) is 4.57 Å². The lowest BCUT2D eigenvalue weighted by molar-refractivity contribution is 0.590. The molecule has 468 valence electrons. The quantitative estimate of drug-likeness (QED) is 0.101. The number of aromatic nitrogens is 2. The predicted molar refractivity (Wildman–Crippen MR) is 417 cm³/mol. The Balaban J connectivity index is 0.868. The Morgan fingerprint density at radius 2 is 0.939 bits per heavy atom. The van der Waals surface area contributed by atoms with Crippen molar-refractivity contribution in [2.24, 2.45) is 0 Å². The Morgan fingerprint density at radius 1 is 0.378 bits per heavy atom. The summed E-state index contributed by atoms with van der Waals surface area (Å²) in [5, 5.41) is 2.44. The van der Waals surface area contributed by atoms with Crippen LogP contribution in [-0.4, -0.2) is 22.4 Å². The molecule has 2 aromatic heterocycles. The molecule has 2 aliphatic heterocycles. The van der Waals surface area contributed by atoms with Crippen LogP contribution in [0, 0.1) is 0 Å². The second-order valence-electron chi connectivity index (χ2n) is 26.9. The van der Waals surface area contributed by atoms with Gasteiger partial charge in [0, 0.05) is 96.9 Å². The van der Waals surface area contributed by atoms with Crippen LogP contribution in [0.15, 0.2) is 333 Å². The minimum Gasteiger partial charge on any atom is -0.342 e. The SMILES string of the molecule is [2H]c1c([2H])c([2H])c2c(c1[2H])c1c([2H])c([2H])c([2H])c([2H])c1n2CCc1ccc2c(c1)N(CCc1c(-c3ccccc3)cccc1-c1ccccc1)c1cc(C(C)(C)C)cc3c1B2c1ccc(-n2c4ccccc4c4cc(N(c5ccccc5)c5ccccc5)ccc42)cc1N3c1cccc(-c2ccccc2)c1. The van der Waals surface area contributed by atoms with Gasteiger partial charge in [0.25, 0.3) is 6.71 Å². The lowest BCUT2D eigenvalue weighted by Crippen LogP contribution is -2.62. The van der Waals surface area contributed by atoms with Crippen LogP contribution in [0.4, 0.5) is 45.5 Å². The zero-order valence-electron chi connectivity index (χ0n) is 62.8. The molecule has 6 heteroatoms. The molecule has 0 unspecified atom stereocenters. The van der Waals surface area contributed by atoms with E-state index in [-0.39, 0.29) is 64.6 Å². The molecule has 0 N–H and O–H groups in total. The van der Waals surface area contributed by atoms with Crippen molar-refractivity contribution in [3.05, 3.63) is 350 Å². The van der Waals surface area contributed by atoms with Crippen molar-refractivity contribution >= 4 is 112 Å². The van der Waals surface area contributed by atoms with E-state index in [1.807, 2.05) is 0 Å². The lowest BCUT2D eigenvalue weighted by atomic mass is 9.33. The molecule has 0 saturated heterocycles. The van der Waals surface area contributed by atoms with Gasteiger partial charge in [-0.3, -0.25) is 0 Å². The van der Waals surface area contributed by atoms with Crippen molar-refractivity contribution in [2.45, 2.75) is 45.6 Å². The van der Waals surface area contributed by atoms with E-state index in [0.717, 1.165) is 123 Å². The molecule has 0 fully saturated rings. The molecule has 98 heavy (non-hydrogen) atoms. The summed E-state index contributed by atoms with van der Waals surface area (Å²) >= 11 is 0. The fraction of sp³-hybridized carbons (Fsp3) is 0.0870. The molecule has 0 amide bonds. The van der Waals surface area contributed by atoms with E-state index >= 15 is 0 Å². The van der Waals surface area contributed by atoms with Gasteiger partial charge < -0.3 is 23.8 Å². The molecular formula is C92H72BN5. The van der Waals surface area contributed by atoms with Crippen LogP contribution >= 0.6 is 0 Å². The number of benzene rings is 14. The molecule has 14 aromatic carbocycles. The number of para-hydroxylation sites is 5. The van der Waals surface area contributed by atoms with E-state index in [9.17, 15) is 5.48 Å². The average Bonchev–Trinajstić information content (AvgIpc) is 1.16. The highest BCUT2D eigenvalue weighted by atomic mass is 15.2. The van der Waals surface area contributed by atoms with E-state index in [1.165, 1.54) is 16.6 Å². The normalized spacial score (nSPS) is 13.7. The second-order valence-corrected chi connectivity index (χ2v) is 26.9. The van der Waals surface area contributed by atoms with E-state index in [0.29, 0.717) is 19.4 Å². The molecule has 16 aromatic rings. The molecule has 0 bridgehead atoms. The summed E-state index contributed by atoms with van der Waals surface area (Å²) in [6.07, 6.45) is 1.01. The minimum atomic E-state index is -0.459. The highest BCUT2D eigenvalue weighted by Gasteiger charge is 2.44. The highest BCUT2D eigenvalue weighted by Crippen LogP contribution is 2.48. The van der Waals surface area contributed by atoms with Crippen LogP contribution in [0.3, 0.4) is 0 Å². The van der Waals surface area contributed by atoms with Gasteiger partial charge in [0.05, 0.1) is 22.0 Å². The summed E-state index contributed by atoms with van der Waals surface area (Å²) in [5.74, 6) is 0. The number of hydrogen-bond acceptors (Lipinski definition) is 3. The highest BCUT2D eigenvalue weighted by molar-refractivity contribution is 7.00. The molecular weight excluding hydrogens is 1190 g/mol. The van der Waals surface area contributed by atoms with Gasteiger partial charge >= 0.3 is 0 Å². The number of fused-ring (bicyclic) bond motifs is 10. The number of anilines is 8. The molecule has 18 rings (SSSR count). The summed E-state index contributed by atoms with van der Waals surface area (Å²) in [6, 6.07) is 100. The van der Waals surface area contributed by atoms with Crippen LogP contribution in [0.2, 0.25) is 0 Å². The largest absolute Gasteiger partial charge is 0.342 e. The van der Waals surface area contributed by atoms with Gasteiger partial charge in [-0.05, 0) is 188 Å². The number of aryl methyl sites for hydroxylation is 2. The Kier molecular flexibility index (Phi) is 12.4. The maximum Gasteiger partial charge on any atom is 0.252 e. The molecule has 4 heterocycles. The minimum absolute atomic E-state index is 0.0820. The summed E-state index contributed by atoms with van der Waals surface area (Å²) in [6.45, 7) is 7.36. The Morgan fingerprint density at radius 3 is 1.60 bits per heavy atom. The first-order chi connectivity index (χ1) is 51.6. The monoisotopic (exact) mass is 1270 g/mol. The van der Waals surface area contributed by atoms with Crippen LogP contribution in [-0.2, 0) is 24.8 Å². The number of rotatable bonds is 14. The van der Waals surface area contributed by atoms with Crippen LogP contribution in [0.5, 0.6) is 0 Å². The van der Waals surface area contributed by atoms with Crippen molar-refractivity contribution in [1.29, 1.82) is 0 Å². The molecule has 0 atom stereocenters. The molecule has 0 radical (unpaired) electrons. The Labute approximate surface area is 585 Å². The average molecular weight is 1270 g/mol. The van der Waals surface area contributed by atoms with Gasteiger partial charge in [0.2, 0.25) is 0 Å². The molecule has 0 spiro atoms. The zero-order chi connectivity index (χ0) is 72.4. The predicted octanol–water partition coefficient (Wildman–Crippen LogP) is 21.9. The zero-order valence-corrected chi connectivity index (χ0v) is 54.8. The summed E-state index contributed by atoms with van der Waals surface area (Å²) in [4.78, 5) is 7.42. The first-order valence-electron chi connectivity index (χ1n) is 37.9. The molecule has 2 aliphatic rings. The van der Waals surface area contributed by atoms with Crippen molar-refractivity contribution in [2.75, 3.05) is 21.2 Å². The van der Waals surface area contributed by atoms with E-state index in [2.05, 4.69) is 325 Å². The summed E-state index contributed by atoms with van der Waals surface area (Å²) in [7, 11) is 0. The smallest absolute Gasteiger partial charge is 0.252 e. The van der Waals surface area contributed by atoms with Crippen molar-refractivity contribution in [3.8, 4) is 39.1 Å². The summed E-state index contributed by atoms with van der Waals surface area (Å²) in [5.41, 5.74) is 25.2. The first kappa shape index (κ1) is 50.6. The first-order valence-corrected chi connectivity index (χ1v) is 33.9. The van der Waals surface area contributed by atoms with E-state index < -0.39 is 24.2 Å². The second kappa shape index (κ2) is 24.1. The van der Waals surface area contributed by atoms with Crippen molar-refractivity contribution < 1.29 is 11.0 Å². The van der Waals surface area contributed by atoms with Gasteiger partial charge in [-0.25, -0.2) is 0 Å². The standard InChI is InChI=1S/C92H72BN5/c1-92(2,3)68-59-89-91-90(60-68)98(71-38-25-33-67(58-71)64-27-9-4-10-28-64)88-62-73(97-85-46-24-21-41-79(85)80-61-72(49-52-86(80)97)96(69-34-15-7-16-35-69)70-36-17-8-18-37-70)48-51-82(88)93(91)81-50-47-63(53-55-94-83-44-22-19-39-77(83)78-40-20-23-45-84(78)94)57-87(81)95(89)56-54-76-74(65-29-11-5-12-30-65)42-26-43-75(76)66-31-13-6-14-32-66/h4-52,57-62H,53-56H2,1-3H3/i19D,20D,22D,23D,39D,40D,44D,45D. The third kappa shape index (κ3) is 10.1. The van der Waals surface area contributed by atoms with Gasteiger partial charge in [-0.1, -0.05) is 251 Å². The van der Waals surface area contributed by atoms with Gasteiger partial charge in [0.1, 0.15) is 0 Å². The number of nitrogens with zero attached hydrogens (tertiary/aromatic N) is 5. The van der Waals surface area contributed by atoms with E-state index in [4.69, 9.17) is 5.48 Å². The summed E-state index contributed by atoms with van der Waals surface area (Å²) < 4.78 is 76.6. The molecule has 0 saturated carbocycles. The van der Waals surface area contributed by atoms with Gasteiger partial charge in [0.15, 0.2) is 0 Å². The fourth-order valence-corrected chi connectivity index (χ4v) is 15.6. The molecule has 0 aliphatic carbocycles. The molecule has 5 nitrogen and oxygen atoms in total. The van der Waals surface area contributed by atoms with Gasteiger partial charge in [-0.2, -0.15) is 0 Å². The van der Waals surface area contributed by atoms with Crippen LogP contribution < -0.4 is 31.1 Å². The lowest BCUT2D eigenvalue weighted by Gasteiger charge is -2.45. The third-order valence-corrected chi connectivity index (χ3v) is 20.2. The Bertz CT molecular complexity index is 6030. The van der Waals surface area contributed by atoms with Crippen LogP contribution in [0.1, 0.15) is 48.4 Å². The number of hydrogen-bond donors (Lipinski definition) is 0. The Hall–Kier alpha value is -11.9. The van der Waals surface area contributed by atoms with Crippen LogP contribution in [0.25, 0.3) is 82.7 Å². The maximum atomic E-state index is 9.37. The fourth-order valence-electron chi connectivity index (χ4n) is 15.6. The maximum absolute atomic E-state index is 9.37.